The summed E-state index contributed by atoms with van der Waals surface area (Å²) in [6.07, 6.45) is 1.27. The maximum Gasteiger partial charge on any atom is 0.328 e. The number of amides is 3. The van der Waals surface area contributed by atoms with Crippen molar-refractivity contribution in [3.8, 4) is 0 Å². The number of aromatic nitrogens is 1. The molecule has 7 heteroatoms. The molecule has 0 aliphatic carbocycles. The second-order valence-electron chi connectivity index (χ2n) is 8.99. The second-order valence-corrected chi connectivity index (χ2v) is 8.99. The van der Waals surface area contributed by atoms with E-state index >= 15 is 0 Å². The number of nitrogens with zero attached hydrogens (tertiary/aromatic N) is 3. The van der Waals surface area contributed by atoms with Gasteiger partial charge in [-0.05, 0) is 35.9 Å². The zero-order valence-electron chi connectivity index (χ0n) is 19.0. The first-order valence-corrected chi connectivity index (χ1v) is 11.6. The number of piperidine rings is 1. The highest BCUT2D eigenvalue weighted by molar-refractivity contribution is 6.07. The normalized spacial score (nSPS) is 18.7. The number of H-pyrrole nitrogens is 1. The fourth-order valence-corrected chi connectivity index (χ4v) is 5.17. The summed E-state index contributed by atoms with van der Waals surface area (Å²) < 4.78 is 5.16. The Kier molecular flexibility index (Phi) is 5.91. The average Bonchev–Trinajstić information content (AvgIpc) is 3.33. The van der Waals surface area contributed by atoms with E-state index in [2.05, 4.69) is 28.1 Å². The number of aromatic amines is 1. The molecule has 3 aromatic rings. The van der Waals surface area contributed by atoms with Gasteiger partial charge >= 0.3 is 6.03 Å². The lowest BCUT2D eigenvalue weighted by Gasteiger charge is -2.42. The number of methoxy groups -OCH3 is 1. The molecule has 2 saturated heterocycles. The molecule has 3 heterocycles. The van der Waals surface area contributed by atoms with Crippen molar-refractivity contribution in [1.29, 1.82) is 0 Å². The second kappa shape index (κ2) is 9.00. The summed E-state index contributed by atoms with van der Waals surface area (Å²) in [6, 6.07) is 20.2. The van der Waals surface area contributed by atoms with Gasteiger partial charge in [-0.1, -0.05) is 48.5 Å². The molecule has 0 atom stereocenters. The van der Waals surface area contributed by atoms with Crippen LogP contribution in [0.15, 0.2) is 60.7 Å². The van der Waals surface area contributed by atoms with Gasteiger partial charge in [0, 0.05) is 44.5 Å². The molecule has 1 spiro atoms. The molecule has 3 amide bonds. The average molecular weight is 447 g/mol. The molecule has 7 nitrogen and oxygen atoms in total. The van der Waals surface area contributed by atoms with Crippen LogP contribution in [0.2, 0.25) is 0 Å². The summed E-state index contributed by atoms with van der Waals surface area (Å²) in [5, 5.41) is 1.21. The Hall–Kier alpha value is -3.16. The molecule has 1 N–H and O–H groups in total. The van der Waals surface area contributed by atoms with Crippen molar-refractivity contribution in [3.63, 3.8) is 0 Å². The van der Waals surface area contributed by atoms with Gasteiger partial charge in [0.1, 0.15) is 5.54 Å². The van der Waals surface area contributed by atoms with Crippen LogP contribution in [-0.4, -0.2) is 70.5 Å². The first kappa shape index (κ1) is 21.7. The van der Waals surface area contributed by atoms with Gasteiger partial charge in [-0.25, -0.2) is 4.79 Å². The third-order valence-corrected chi connectivity index (χ3v) is 6.99. The smallest absolute Gasteiger partial charge is 0.328 e. The van der Waals surface area contributed by atoms with E-state index in [9.17, 15) is 9.59 Å². The van der Waals surface area contributed by atoms with E-state index in [1.165, 1.54) is 16.0 Å². The quantitative estimate of drug-likeness (QED) is 0.563. The lowest BCUT2D eigenvalue weighted by molar-refractivity contribution is -0.136. The number of ether oxygens (including phenoxy) is 1. The van der Waals surface area contributed by atoms with Gasteiger partial charge in [-0.15, -0.1) is 0 Å². The minimum absolute atomic E-state index is 0.0780. The number of rotatable bonds is 7. The van der Waals surface area contributed by atoms with Gasteiger partial charge in [0.25, 0.3) is 5.91 Å². The Morgan fingerprint density at radius 2 is 1.70 bits per heavy atom. The van der Waals surface area contributed by atoms with Crippen LogP contribution in [0.25, 0.3) is 10.9 Å². The number of carbonyl (C=O) groups excluding carboxylic acids is 2. The molecule has 5 rings (SSSR count). The van der Waals surface area contributed by atoms with Crippen LogP contribution in [0.1, 0.15) is 24.1 Å². The monoisotopic (exact) mass is 446 g/mol. The van der Waals surface area contributed by atoms with E-state index in [0.29, 0.717) is 32.5 Å². The van der Waals surface area contributed by atoms with E-state index in [1.807, 2.05) is 42.5 Å². The Labute approximate surface area is 193 Å². The number of fused-ring (bicyclic) bond motifs is 1. The summed E-state index contributed by atoms with van der Waals surface area (Å²) in [7, 11) is 1.59. The Balaban J connectivity index is 1.34. The molecule has 2 fully saturated rings. The fraction of sp³-hybridized carbons (Fsp3) is 0.385. The molecule has 0 unspecified atom stereocenters. The zero-order chi connectivity index (χ0) is 22.8. The van der Waals surface area contributed by atoms with Crippen molar-refractivity contribution in [2.45, 2.75) is 31.5 Å². The highest BCUT2D eigenvalue weighted by Gasteiger charge is 2.57. The number of likely N-dealkylation sites (tertiary alicyclic amines) is 1. The van der Waals surface area contributed by atoms with Gasteiger partial charge in [-0.3, -0.25) is 14.6 Å². The maximum absolute atomic E-state index is 13.6. The van der Waals surface area contributed by atoms with Gasteiger partial charge in [-0.2, -0.15) is 0 Å². The summed E-state index contributed by atoms with van der Waals surface area (Å²) in [6.45, 7) is 3.41. The molecule has 1 aromatic heterocycles. The third kappa shape index (κ3) is 4.03. The van der Waals surface area contributed by atoms with Crippen LogP contribution in [0.5, 0.6) is 0 Å². The number of nitrogens with one attached hydrogen (secondary N) is 1. The van der Waals surface area contributed by atoms with Gasteiger partial charge < -0.3 is 14.6 Å². The van der Waals surface area contributed by atoms with Crippen LogP contribution in [-0.2, 0) is 22.6 Å². The molecule has 2 aromatic carbocycles. The summed E-state index contributed by atoms with van der Waals surface area (Å²) in [5.41, 5.74) is 2.56. The van der Waals surface area contributed by atoms with Crippen molar-refractivity contribution in [2.24, 2.45) is 0 Å². The molecule has 172 valence electrons. The van der Waals surface area contributed by atoms with E-state index in [-0.39, 0.29) is 11.9 Å². The molecule has 2 aliphatic heterocycles. The van der Waals surface area contributed by atoms with Crippen molar-refractivity contribution >= 4 is 22.8 Å². The molecular formula is C26H30N4O3. The summed E-state index contributed by atoms with van der Waals surface area (Å²) in [5.74, 6) is -0.0780. The minimum Gasteiger partial charge on any atom is -0.383 e. The Bertz CT molecular complexity index is 1100. The lowest BCUT2D eigenvalue weighted by atomic mass is 9.85. The summed E-state index contributed by atoms with van der Waals surface area (Å²) >= 11 is 0. The Morgan fingerprint density at radius 3 is 2.42 bits per heavy atom. The molecule has 0 radical (unpaired) electrons. The number of benzene rings is 2. The van der Waals surface area contributed by atoms with Crippen LogP contribution >= 0.6 is 0 Å². The third-order valence-electron chi connectivity index (χ3n) is 6.99. The molecular weight excluding hydrogens is 416 g/mol. The van der Waals surface area contributed by atoms with Crippen LogP contribution < -0.4 is 0 Å². The Morgan fingerprint density at radius 1 is 0.970 bits per heavy atom. The highest BCUT2D eigenvalue weighted by Crippen LogP contribution is 2.38. The molecule has 0 saturated carbocycles. The van der Waals surface area contributed by atoms with Crippen LogP contribution in [0, 0.1) is 0 Å². The van der Waals surface area contributed by atoms with Gasteiger partial charge in [0.2, 0.25) is 0 Å². The number of para-hydroxylation sites is 1. The predicted molar refractivity (Wildman–Crippen MR) is 127 cm³/mol. The lowest BCUT2D eigenvalue weighted by Crippen LogP contribution is -2.56. The SMILES string of the molecule is COCCN1C(=O)N(Cc2ccccc2)C2(CCN(Cc3cc4ccccc4[nH]3)CC2)C1=O. The van der Waals surface area contributed by atoms with Gasteiger partial charge in [0.15, 0.2) is 0 Å². The zero-order valence-corrected chi connectivity index (χ0v) is 19.0. The number of urea groups is 1. The number of carbonyl (C=O) groups is 2. The minimum atomic E-state index is -0.780. The summed E-state index contributed by atoms with van der Waals surface area (Å²) in [4.78, 5) is 36.0. The van der Waals surface area contributed by atoms with Crippen LogP contribution in [0.3, 0.4) is 0 Å². The maximum atomic E-state index is 13.6. The van der Waals surface area contributed by atoms with Crippen molar-refractivity contribution in [1.82, 2.24) is 19.7 Å². The fourth-order valence-electron chi connectivity index (χ4n) is 5.17. The molecule has 33 heavy (non-hydrogen) atoms. The van der Waals surface area contributed by atoms with Crippen molar-refractivity contribution < 1.29 is 14.3 Å². The van der Waals surface area contributed by atoms with Crippen LogP contribution in [0.4, 0.5) is 4.79 Å². The standard InChI is InChI=1S/C26H30N4O3/c1-33-16-15-29-24(31)26(30(25(29)32)18-20-7-3-2-4-8-20)11-13-28(14-12-26)19-22-17-21-9-5-6-10-23(21)27-22/h2-10,17,27H,11-16,18-19H2,1H3. The molecule has 2 aliphatic rings. The number of imide groups is 1. The number of hydrogen-bond donors (Lipinski definition) is 1. The van der Waals surface area contributed by atoms with E-state index < -0.39 is 5.54 Å². The van der Waals surface area contributed by atoms with E-state index in [4.69, 9.17) is 4.74 Å². The van der Waals surface area contributed by atoms with Crippen molar-refractivity contribution in [2.75, 3.05) is 33.4 Å². The first-order chi connectivity index (χ1) is 16.1. The van der Waals surface area contributed by atoms with Crippen molar-refractivity contribution in [3.05, 3.63) is 71.9 Å². The first-order valence-electron chi connectivity index (χ1n) is 11.6. The van der Waals surface area contributed by atoms with E-state index in [0.717, 1.165) is 30.7 Å². The molecule has 0 bridgehead atoms. The topological polar surface area (TPSA) is 68.9 Å². The van der Waals surface area contributed by atoms with E-state index in [1.54, 1.807) is 12.0 Å². The number of hydrogen-bond acceptors (Lipinski definition) is 4. The van der Waals surface area contributed by atoms with Gasteiger partial charge in [0.05, 0.1) is 13.2 Å². The predicted octanol–water partition coefficient (Wildman–Crippen LogP) is 3.61. The highest BCUT2D eigenvalue weighted by atomic mass is 16.5. The largest absolute Gasteiger partial charge is 0.383 e.